The Bertz CT molecular complexity index is 1180. The van der Waals surface area contributed by atoms with Gasteiger partial charge in [0.15, 0.2) is 0 Å². The Balaban J connectivity index is 1.41. The van der Waals surface area contributed by atoms with E-state index in [2.05, 4.69) is 32.8 Å². The second-order valence-corrected chi connectivity index (χ2v) is 8.43. The fourth-order valence-corrected chi connectivity index (χ4v) is 3.67. The zero-order valence-corrected chi connectivity index (χ0v) is 19.6. The maximum Gasteiger partial charge on any atom is 0.251 e. The summed E-state index contributed by atoms with van der Waals surface area (Å²) in [7, 11) is 3.20. The number of nitrogens with zero attached hydrogens (tertiary/aromatic N) is 2. The number of rotatable bonds is 9. The predicted octanol–water partition coefficient (Wildman–Crippen LogP) is 3.62. The van der Waals surface area contributed by atoms with E-state index in [1.165, 1.54) is 6.33 Å². The third-order valence-electron chi connectivity index (χ3n) is 5.87. The molecular formula is C26H29N5O3. The number of carbonyl (C=O) groups excluding carboxylic acids is 2. The summed E-state index contributed by atoms with van der Waals surface area (Å²) in [6.45, 7) is 2.70. The molecule has 8 heteroatoms. The maximum atomic E-state index is 12.2. The standard InChI is InChI=1S/C26H29N5O3/c1-16(21-11-8-19(25(32)27-2)12-23(21)34-3)14-28-24-13-22(29-15-30-24)17-4-6-18(7-5-17)26(33)31-20-9-10-20/h4-8,11-13,15-16,20H,9-10,14H2,1-3H3,(H,27,32)(H,31,33)(H,28,29,30)/t16-/m1/s1. The van der Waals surface area contributed by atoms with Crippen molar-refractivity contribution in [2.75, 3.05) is 26.0 Å². The average Bonchev–Trinajstić information content (AvgIpc) is 3.70. The lowest BCUT2D eigenvalue weighted by molar-refractivity contribution is 0.0947. The Morgan fingerprint density at radius 1 is 1.03 bits per heavy atom. The van der Waals surface area contributed by atoms with Crippen molar-refractivity contribution in [3.8, 4) is 17.0 Å². The number of carbonyl (C=O) groups is 2. The summed E-state index contributed by atoms with van der Waals surface area (Å²) >= 11 is 0. The van der Waals surface area contributed by atoms with Crippen molar-refractivity contribution in [1.82, 2.24) is 20.6 Å². The van der Waals surface area contributed by atoms with Gasteiger partial charge in [-0.15, -0.1) is 0 Å². The highest BCUT2D eigenvalue weighted by Crippen LogP contribution is 2.28. The van der Waals surface area contributed by atoms with Gasteiger partial charge in [-0.2, -0.15) is 0 Å². The average molecular weight is 460 g/mol. The molecule has 1 aliphatic rings. The van der Waals surface area contributed by atoms with Crippen LogP contribution >= 0.6 is 0 Å². The Morgan fingerprint density at radius 2 is 1.76 bits per heavy atom. The van der Waals surface area contributed by atoms with Gasteiger partial charge >= 0.3 is 0 Å². The molecule has 2 amide bonds. The highest BCUT2D eigenvalue weighted by Gasteiger charge is 2.23. The van der Waals surface area contributed by atoms with Crippen LogP contribution in [0.15, 0.2) is 54.9 Å². The van der Waals surface area contributed by atoms with Crippen LogP contribution in [0.3, 0.4) is 0 Å². The van der Waals surface area contributed by atoms with E-state index in [9.17, 15) is 9.59 Å². The van der Waals surface area contributed by atoms with Crippen LogP contribution in [-0.4, -0.2) is 48.5 Å². The number of aromatic nitrogens is 2. The lowest BCUT2D eigenvalue weighted by Crippen LogP contribution is -2.25. The largest absolute Gasteiger partial charge is 0.496 e. The minimum atomic E-state index is -0.152. The van der Waals surface area contributed by atoms with Gasteiger partial charge in [-0.1, -0.05) is 25.1 Å². The zero-order chi connectivity index (χ0) is 24.1. The second kappa shape index (κ2) is 10.3. The molecular weight excluding hydrogens is 430 g/mol. The zero-order valence-electron chi connectivity index (χ0n) is 19.6. The number of amides is 2. The topological polar surface area (TPSA) is 105 Å². The van der Waals surface area contributed by atoms with Gasteiger partial charge in [-0.05, 0) is 42.7 Å². The van der Waals surface area contributed by atoms with Gasteiger partial charge in [0.05, 0.1) is 12.8 Å². The van der Waals surface area contributed by atoms with Crippen molar-refractivity contribution in [2.45, 2.75) is 31.7 Å². The molecule has 176 valence electrons. The Morgan fingerprint density at radius 3 is 2.44 bits per heavy atom. The highest BCUT2D eigenvalue weighted by molar-refractivity contribution is 5.95. The van der Waals surface area contributed by atoms with E-state index < -0.39 is 0 Å². The fraction of sp³-hybridized carbons (Fsp3) is 0.308. The van der Waals surface area contributed by atoms with Crippen LogP contribution in [-0.2, 0) is 0 Å². The molecule has 0 unspecified atom stereocenters. The van der Waals surface area contributed by atoms with Gasteiger partial charge in [0.2, 0.25) is 0 Å². The maximum absolute atomic E-state index is 12.2. The SMILES string of the molecule is CNC(=O)c1ccc([C@H](C)CNc2cc(-c3ccc(C(=O)NC4CC4)cc3)ncn2)c(OC)c1. The quantitative estimate of drug-likeness (QED) is 0.451. The molecule has 3 aromatic rings. The first-order chi connectivity index (χ1) is 16.5. The van der Waals surface area contributed by atoms with E-state index in [1.54, 1.807) is 26.3 Å². The van der Waals surface area contributed by atoms with Crippen molar-refractivity contribution < 1.29 is 14.3 Å². The summed E-state index contributed by atoms with van der Waals surface area (Å²) in [4.78, 5) is 32.8. The number of hydrogen-bond acceptors (Lipinski definition) is 6. The lowest BCUT2D eigenvalue weighted by atomic mass is 9.98. The summed E-state index contributed by atoms with van der Waals surface area (Å²) in [5, 5.41) is 8.98. The molecule has 1 atom stereocenters. The molecule has 1 fully saturated rings. The number of nitrogens with one attached hydrogen (secondary N) is 3. The number of ether oxygens (including phenoxy) is 1. The molecule has 4 rings (SSSR count). The molecule has 1 saturated carbocycles. The van der Waals surface area contributed by atoms with Gasteiger partial charge in [-0.25, -0.2) is 9.97 Å². The minimum absolute atomic E-state index is 0.0353. The summed E-state index contributed by atoms with van der Waals surface area (Å²) in [6, 6.07) is 15.1. The molecule has 1 aromatic heterocycles. The van der Waals surface area contributed by atoms with Crippen LogP contribution in [0.4, 0.5) is 5.82 Å². The van der Waals surface area contributed by atoms with Crippen LogP contribution in [0.25, 0.3) is 11.3 Å². The van der Waals surface area contributed by atoms with Crippen molar-refractivity contribution in [2.24, 2.45) is 0 Å². The van der Waals surface area contributed by atoms with Crippen LogP contribution in [0.2, 0.25) is 0 Å². The number of benzene rings is 2. The molecule has 1 heterocycles. The molecule has 34 heavy (non-hydrogen) atoms. The summed E-state index contributed by atoms with van der Waals surface area (Å²) in [6.07, 6.45) is 3.65. The van der Waals surface area contributed by atoms with Crippen LogP contribution in [0.5, 0.6) is 5.75 Å². The van der Waals surface area contributed by atoms with E-state index in [-0.39, 0.29) is 17.7 Å². The third-order valence-corrected chi connectivity index (χ3v) is 5.87. The van der Waals surface area contributed by atoms with Crippen LogP contribution in [0.1, 0.15) is 52.0 Å². The monoisotopic (exact) mass is 459 g/mol. The molecule has 0 radical (unpaired) electrons. The highest BCUT2D eigenvalue weighted by atomic mass is 16.5. The van der Waals surface area contributed by atoms with Crippen molar-refractivity contribution in [3.05, 3.63) is 71.5 Å². The Kier molecular flexibility index (Phi) is 7.06. The van der Waals surface area contributed by atoms with Gasteiger partial charge in [0.1, 0.15) is 17.9 Å². The van der Waals surface area contributed by atoms with E-state index in [1.807, 2.05) is 36.4 Å². The summed E-state index contributed by atoms with van der Waals surface area (Å²) < 4.78 is 5.52. The Labute approximate surface area is 199 Å². The van der Waals surface area contributed by atoms with Gasteiger partial charge in [-0.3, -0.25) is 9.59 Å². The minimum Gasteiger partial charge on any atom is -0.496 e. The molecule has 8 nitrogen and oxygen atoms in total. The molecule has 2 aromatic carbocycles. The van der Waals surface area contributed by atoms with Crippen LogP contribution in [0, 0.1) is 0 Å². The number of methoxy groups -OCH3 is 1. The smallest absolute Gasteiger partial charge is 0.251 e. The molecule has 3 N–H and O–H groups in total. The van der Waals surface area contributed by atoms with E-state index >= 15 is 0 Å². The Hall–Kier alpha value is -3.94. The molecule has 0 saturated heterocycles. The van der Waals surface area contributed by atoms with Gasteiger partial charge < -0.3 is 20.7 Å². The summed E-state index contributed by atoms with van der Waals surface area (Å²) in [5.41, 5.74) is 3.88. The first kappa shape index (κ1) is 23.2. The van der Waals surface area contributed by atoms with Gasteiger partial charge in [0.25, 0.3) is 11.8 Å². The first-order valence-electron chi connectivity index (χ1n) is 11.4. The molecule has 1 aliphatic carbocycles. The van der Waals surface area contributed by atoms with E-state index in [0.717, 1.165) is 29.7 Å². The number of anilines is 1. The van der Waals surface area contributed by atoms with Crippen molar-refractivity contribution in [1.29, 1.82) is 0 Å². The first-order valence-corrected chi connectivity index (χ1v) is 11.4. The molecule has 0 spiro atoms. The molecule has 0 bridgehead atoms. The fourth-order valence-electron chi connectivity index (χ4n) is 3.67. The van der Waals surface area contributed by atoms with Crippen molar-refractivity contribution >= 4 is 17.6 Å². The lowest BCUT2D eigenvalue weighted by Gasteiger charge is -2.17. The third kappa shape index (κ3) is 5.51. The normalized spacial score (nSPS) is 13.6. The van der Waals surface area contributed by atoms with E-state index in [0.29, 0.717) is 35.3 Å². The summed E-state index contributed by atoms with van der Waals surface area (Å²) in [5.74, 6) is 1.29. The van der Waals surface area contributed by atoms with Gasteiger partial charge in [0, 0.05) is 48.3 Å². The van der Waals surface area contributed by atoms with E-state index in [4.69, 9.17) is 4.74 Å². The van der Waals surface area contributed by atoms with Crippen LogP contribution < -0.4 is 20.7 Å². The van der Waals surface area contributed by atoms with Crippen molar-refractivity contribution in [3.63, 3.8) is 0 Å². The molecule has 0 aliphatic heterocycles. The number of hydrogen-bond donors (Lipinski definition) is 3. The predicted molar refractivity (Wildman–Crippen MR) is 131 cm³/mol. The second-order valence-electron chi connectivity index (χ2n) is 8.43.